The topological polar surface area (TPSA) is 83.8 Å². The number of carbonyl (C=O) groups is 2. The molecule has 1 aliphatic rings. The smallest absolute Gasteiger partial charge is 0.331 e. The molecule has 0 heterocycles. The van der Waals surface area contributed by atoms with Crippen molar-refractivity contribution in [1.29, 1.82) is 0 Å². The van der Waals surface area contributed by atoms with Crippen LogP contribution >= 0.6 is 0 Å². The molecule has 1 atom stereocenters. The van der Waals surface area contributed by atoms with E-state index < -0.39 is 17.4 Å². The van der Waals surface area contributed by atoms with Crippen molar-refractivity contribution in [3.05, 3.63) is 52.6 Å². The third kappa shape index (κ3) is 2.74. The second-order valence-electron chi connectivity index (χ2n) is 5.60. The average molecular weight is 316 g/mol. The van der Waals surface area contributed by atoms with Crippen LogP contribution in [0.3, 0.4) is 0 Å². The lowest BCUT2D eigenvalue weighted by Crippen LogP contribution is -2.37. The molecule has 23 heavy (non-hydrogen) atoms. The lowest BCUT2D eigenvalue weighted by atomic mass is 9.70. The standard InChI is InChI=1S/C18H20O5/c1-4-12-6-5-7-14(15(12)23-3)18(17(21)22)9-8-11(2)13(10-18)16(19)20/h5-9H,4,10H2,1-3H3,(H,19,20)(H,21,22). The zero-order valence-electron chi connectivity index (χ0n) is 13.4. The van der Waals surface area contributed by atoms with Gasteiger partial charge in [-0.2, -0.15) is 0 Å². The molecule has 0 saturated carbocycles. The van der Waals surface area contributed by atoms with Crippen LogP contribution in [-0.4, -0.2) is 29.3 Å². The van der Waals surface area contributed by atoms with Gasteiger partial charge >= 0.3 is 11.9 Å². The molecule has 2 N–H and O–H groups in total. The molecule has 0 amide bonds. The molecule has 1 unspecified atom stereocenters. The summed E-state index contributed by atoms with van der Waals surface area (Å²) in [5.41, 5.74) is 0.611. The zero-order valence-corrected chi connectivity index (χ0v) is 13.4. The minimum absolute atomic E-state index is 0.108. The fourth-order valence-electron chi connectivity index (χ4n) is 2.99. The van der Waals surface area contributed by atoms with E-state index in [2.05, 4.69) is 0 Å². The normalized spacial score (nSPS) is 20.5. The number of hydrogen-bond acceptors (Lipinski definition) is 3. The maximum Gasteiger partial charge on any atom is 0.331 e. The highest BCUT2D eigenvalue weighted by molar-refractivity contribution is 5.94. The third-order valence-electron chi connectivity index (χ3n) is 4.35. The molecule has 0 fully saturated rings. The highest BCUT2D eigenvalue weighted by Gasteiger charge is 2.44. The van der Waals surface area contributed by atoms with E-state index in [0.717, 1.165) is 5.56 Å². The molecule has 0 saturated heterocycles. The molecular weight excluding hydrogens is 296 g/mol. The number of rotatable bonds is 5. The maximum absolute atomic E-state index is 12.1. The molecule has 5 nitrogen and oxygen atoms in total. The van der Waals surface area contributed by atoms with Gasteiger partial charge in [-0.25, -0.2) is 4.79 Å². The highest BCUT2D eigenvalue weighted by atomic mass is 16.5. The first kappa shape index (κ1) is 16.8. The number of methoxy groups -OCH3 is 1. The minimum atomic E-state index is -1.44. The fraction of sp³-hybridized carbons (Fsp3) is 0.333. The van der Waals surface area contributed by atoms with Gasteiger partial charge in [0.25, 0.3) is 0 Å². The van der Waals surface area contributed by atoms with Crippen molar-refractivity contribution in [1.82, 2.24) is 0 Å². The lowest BCUT2D eigenvalue weighted by molar-refractivity contribution is -0.142. The molecule has 0 aromatic heterocycles. The first-order valence-electron chi connectivity index (χ1n) is 7.39. The Hall–Kier alpha value is -2.56. The van der Waals surface area contributed by atoms with Crippen molar-refractivity contribution < 1.29 is 24.5 Å². The van der Waals surface area contributed by atoms with Gasteiger partial charge in [0, 0.05) is 17.6 Å². The van der Waals surface area contributed by atoms with Crippen LogP contribution in [-0.2, 0) is 21.4 Å². The molecular formula is C18H20O5. The number of allylic oxidation sites excluding steroid dienone is 2. The molecule has 122 valence electrons. The molecule has 0 bridgehead atoms. The summed E-state index contributed by atoms with van der Waals surface area (Å²) < 4.78 is 5.46. The Morgan fingerprint density at radius 3 is 2.52 bits per heavy atom. The Bertz CT molecular complexity index is 714. The molecule has 0 aliphatic heterocycles. The van der Waals surface area contributed by atoms with E-state index in [1.165, 1.54) is 7.11 Å². The summed E-state index contributed by atoms with van der Waals surface area (Å²) in [5, 5.41) is 19.3. The summed E-state index contributed by atoms with van der Waals surface area (Å²) in [6.45, 7) is 3.63. The second kappa shape index (κ2) is 6.28. The van der Waals surface area contributed by atoms with E-state index in [-0.39, 0.29) is 12.0 Å². The van der Waals surface area contributed by atoms with Crippen LogP contribution in [0.15, 0.2) is 41.5 Å². The Kier molecular flexibility index (Phi) is 4.59. The van der Waals surface area contributed by atoms with Crippen LogP contribution in [0.1, 0.15) is 31.4 Å². The predicted octanol–water partition coefficient (Wildman–Crippen LogP) is 2.94. The van der Waals surface area contributed by atoms with Gasteiger partial charge in [0.2, 0.25) is 0 Å². The van der Waals surface area contributed by atoms with E-state index in [1.54, 1.807) is 31.2 Å². The maximum atomic E-state index is 12.1. The van der Waals surface area contributed by atoms with Gasteiger partial charge in [-0.1, -0.05) is 37.3 Å². The van der Waals surface area contributed by atoms with Crippen molar-refractivity contribution in [2.75, 3.05) is 7.11 Å². The lowest BCUT2D eigenvalue weighted by Gasteiger charge is -2.32. The summed E-state index contributed by atoms with van der Waals surface area (Å²) in [5.74, 6) is -1.68. The van der Waals surface area contributed by atoms with Crippen molar-refractivity contribution in [2.45, 2.75) is 32.1 Å². The summed E-state index contributed by atoms with van der Waals surface area (Å²) in [6, 6.07) is 5.35. The van der Waals surface area contributed by atoms with E-state index >= 15 is 0 Å². The first-order chi connectivity index (χ1) is 10.9. The van der Waals surface area contributed by atoms with Crippen molar-refractivity contribution in [3.8, 4) is 5.75 Å². The molecule has 5 heteroatoms. The number of hydrogen-bond donors (Lipinski definition) is 2. The Balaban J connectivity index is 2.69. The quantitative estimate of drug-likeness (QED) is 0.872. The van der Waals surface area contributed by atoms with Crippen LogP contribution in [0.4, 0.5) is 0 Å². The number of aryl methyl sites for hydroxylation is 1. The van der Waals surface area contributed by atoms with E-state index in [1.807, 2.05) is 13.0 Å². The van der Waals surface area contributed by atoms with Crippen LogP contribution in [0.2, 0.25) is 0 Å². The number of para-hydroxylation sites is 1. The molecule has 1 aliphatic carbocycles. The van der Waals surface area contributed by atoms with Crippen LogP contribution < -0.4 is 4.74 Å². The third-order valence-corrected chi connectivity index (χ3v) is 4.35. The zero-order chi connectivity index (χ0) is 17.2. The van der Waals surface area contributed by atoms with Crippen molar-refractivity contribution in [2.24, 2.45) is 0 Å². The van der Waals surface area contributed by atoms with Gasteiger partial charge in [0.15, 0.2) is 0 Å². The SMILES string of the molecule is CCc1cccc(C2(C(=O)O)C=CC(C)=C(C(=O)O)C2)c1OC. The predicted molar refractivity (Wildman–Crippen MR) is 85.8 cm³/mol. The van der Waals surface area contributed by atoms with Crippen molar-refractivity contribution >= 4 is 11.9 Å². The van der Waals surface area contributed by atoms with Crippen LogP contribution in [0, 0.1) is 0 Å². The second-order valence-corrected chi connectivity index (χ2v) is 5.60. The van der Waals surface area contributed by atoms with Crippen molar-refractivity contribution in [3.63, 3.8) is 0 Å². The summed E-state index contributed by atoms with van der Waals surface area (Å²) >= 11 is 0. The molecule has 1 aromatic carbocycles. The van der Waals surface area contributed by atoms with E-state index in [9.17, 15) is 19.8 Å². The summed E-state index contributed by atoms with van der Waals surface area (Å²) in [6.07, 6.45) is 3.72. The molecule has 0 radical (unpaired) electrons. The summed E-state index contributed by atoms with van der Waals surface area (Å²) in [7, 11) is 1.50. The van der Waals surface area contributed by atoms with Gasteiger partial charge in [-0.05, 0) is 24.5 Å². The van der Waals surface area contributed by atoms with Crippen LogP contribution in [0.25, 0.3) is 0 Å². The molecule has 1 aromatic rings. The largest absolute Gasteiger partial charge is 0.496 e. The Morgan fingerprint density at radius 2 is 2.00 bits per heavy atom. The average Bonchev–Trinajstić information content (AvgIpc) is 2.54. The molecule has 0 spiro atoms. The number of carboxylic acids is 2. The van der Waals surface area contributed by atoms with Gasteiger partial charge in [-0.15, -0.1) is 0 Å². The van der Waals surface area contributed by atoms with Gasteiger partial charge in [0.05, 0.1) is 7.11 Å². The number of ether oxygens (including phenoxy) is 1. The van der Waals surface area contributed by atoms with Gasteiger partial charge in [-0.3, -0.25) is 4.79 Å². The van der Waals surface area contributed by atoms with Crippen LogP contribution in [0.5, 0.6) is 5.75 Å². The van der Waals surface area contributed by atoms with E-state index in [0.29, 0.717) is 23.3 Å². The van der Waals surface area contributed by atoms with E-state index in [4.69, 9.17) is 4.74 Å². The number of aliphatic carboxylic acids is 2. The Labute approximate surface area is 134 Å². The monoisotopic (exact) mass is 316 g/mol. The minimum Gasteiger partial charge on any atom is -0.496 e. The first-order valence-corrected chi connectivity index (χ1v) is 7.39. The number of benzene rings is 1. The summed E-state index contributed by atoms with van der Waals surface area (Å²) in [4.78, 5) is 23.6. The fourth-order valence-corrected chi connectivity index (χ4v) is 2.99. The number of carboxylic acid groups (broad SMARTS) is 2. The van der Waals surface area contributed by atoms with Gasteiger partial charge in [0.1, 0.15) is 11.2 Å². The Morgan fingerprint density at radius 1 is 1.30 bits per heavy atom. The highest BCUT2D eigenvalue weighted by Crippen LogP contribution is 2.43. The molecule has 2 rings (SSSR count). The van der Waals surface area contributed by atoms with Gasteiger partial charge < -0.3 is 14.9 Å².